The van der Waals surface area contributed by atoms with Crippen LogP contribution in [0.2, 0.25) is 10.0 Å². The highest BCUT2D eigenvalue weighted by Gasteiger charge is 2.39. The van der Waals surface area contributed by atoms with E-state index < -0.39 is 0 Å². The van der Waals surface area contributed by atoms with E-state index in [1.54, 1.807) is 0 Å². The molecule has 2 aromatic carbocycles. The van der Waals surface area contributed by atoms with Gasteiger partial charge in [-0.15, -0.1) is 0 Å². The van der Waals surface area contributed by atoms with Crippen molar-refractivity contribution in [2.75, 3.05) is 5.32 Å². The standard InChI is InChI=1S/C18H14Cl2IN/c19-10-7-8-14(15(20)9-10)17-12-4-1-3-11(12)13-5-2-6-16(21)18(13)22-17/h1-3,5-9,11-12,17,22H,4H2/t11-,12+,17-/m0/s1. The normalized spacial score (nSPS) is 25.5. The summed E-state index contributed by atoms with van der Waals surface area (Å²) in [4.78, 5) is 0. The topological polar surface area (TPSA) is 12.0 Å². The first kappa shape index (κ1) is 14.9. The SMILES string of the molecule is Clc1ccc([C@H]2Nc3c(I)cccc3[C@H]3C=CC[C@H]32)c(Cl)c1. The van der Waals surface area contributed by atoms with Gasteiger partial charge in [0.1, 0.15) is 0 Å². The molecule has 4 heteroatoms. The lowest BCUT2D eigenvalue weighted by Crippen LogP contribution is -2.29. The first-order chi connectivity index (χ1) is 10.6. The molecule has 22 heavy (non-hydrogen) atoms. The van der Waals surface area contributed by atoms with E-state index in [0.717, 1.165) is 17.0 Å². The fourth-order valence-electron chi connectivity index (χ4n) is 3.64. The lowest BCUT2D eigenvalue weighted by atomic mass is 9.77. The number of anilines is 1. The van der Waals surface area contributed by atoms with Gasteiger partial charge in [0.15, 0.2) is 0 Å². The Morgan fingerprint density at radius 3 is 2.77 bits per heavy atom. The van der Waals surface area contributed by atoms with Crippen LogP contribution in [-0.4, -0.2) is 0 Å². The predicted octanol–water partition coefficient (Wildman–Crippen LogP) is 6.42. The number of fused-ring (bicyclic) bond motifs is 3. The minimum absolute atomic E-state index is 0.216. The number of para-hydroxylation sites is 1. The van der Waals surface area contributed by atoms with Crippen LogP contribution in [-0.2, 0) is 0 Å². The third kappa shape index (κ3) is 2.36. The maximum atomic E-state index is 6.47. The van der Waals surface area contributed by atoms with Gasteiger partial charge in [-0.05, 0) is 64.3 Å². The molecule has 3 atom stereocenters. The number of nitrogens with one attached hydrogen (secondary N) is 1. The molecule has 2 aromatic rings. The molecule has 0 unspecified atom stereocenters. The van der Waals surface area contributed by atoms with Gasteiger partial charge in [-0.2, -0.15) is 0 Å². The Hall–Kier alpha value is -0.710. The second-order valence-electron chi connectivity index (χ2n) is 5.85. The van der Waals surface area contributed by atoms with Crippen molar-refractivity contribution in [1.82, 2.24) is 0 Å². The summed E-state index contributed by atoms with van der Waals surface area (Å²) >= 11 is 14.9. The van der Waals surface area contributed by atoms with Crippen molar-refractivity contribution in [2.24, 2.45) is 5.92 Å². The average molecular weight is 442 g/mol. The summed E-state index contributed by atoms with van der Waals surface area (Å²) in [5.74, 6) is 0.965. The molecule has 0 fully saturated rings. The summed E-state index contributed by atoms with van der Waals surface area (Å²) in [6.45, 7) is 0. The van der Waals surface area contributed by atoms with Crippen LogP contribution in [0, 0.1) is 9.49 Å². The Balaban J connectivity index is 1.84. The van der Waals surface area contributed by atoms with Crippen LogP contribution in [0.15, 0.2) is 48.6 Å². The summed E-state index contributed by atoms with van der Waals surface area (Å²) in [6, 6.07) is 12.5. The van der Waals surface area contributed by atoms with Crippen LogP contribution in [0.5, 0.6) is 0 Å². The van der Waals surface area contributed by atoms with Gasteiger partial charge in [-0.1, -0.05) is 53.6 Å². The van der Waals surface area contributed by atoms with Gasteiger partial charge in [0, 0.05) is 19.5 Å². The first-order valence-corrected chi connectivity index (χ1v) is 9.15. The van der Waals surface area contributed by atoms with Crippen molar-refractivity contribution in [3.05, 3.63) is 73.3 Å². The van der Waals surface area contributed by atoms with Gasteiger partial charge >= 0.3 is 0 Å². The van der Waals surface area contributed by atoms with Crippen molar-refractivity contribution >= 4 is 51.5 Å². The van der Waals surface area contributed by atoms with Crippen LogP contribution in [0.1, 0.15) is 29.5 Å². The summed E-state index contributed by atoms with van der Waals surface area (Å²) in [5.41, 5.74) is 3.77. The molecule has 1 heterocycles. The third-order valence-electron chi connectivity index (χ3n) is 4.64. The Labute approximate surface area is 153 Å². The highest BCUT2D eigenvalue weighted by Crippen LogP contribution is 2.51. The molecular weight excluding hydrogens is 428 g/mol. The maximum Gasteiger partial charge on any atom is 0.0568 e. The number of benzene rings is 2. The van der Waals surface area contributed by atoms with Gasteiger partial charge in [0.2, 0.25) is 0 Å². The van der Waals surface area contributed by atoms with E-state index in [4.69, 9.17) is 23.2 Å². The Morgan fingerprint density at radius 2 is 1.95 bits per heavy atom. The molecule has 0 saturated heterocycles. The Morgan fingerprint density at radius 1 is 1.09 bits per heavy atom. The van der Waals surface area contributed by atoms with Crippen molar-refractivity contribution in [1.29, 1.82) is 0 Å². The molecule has 0 spiro atoms. The maximum absolute atomic E-state index is 6.47. The molecule has 0 amide bonds. The smallest absolute Gasteiger partial charge is 0.0568 e. The summed E-state index contributed by atoms with van der Waals surface area (Å²) in [5, 5.41) is 5.16. The van der Waals surface area contributed by atoms with Crippen LogP contribution < -0.4 is 5.32 Å². The van der Waals surface area contributed by atoms with Gasteiger partial charge in [0.25, 0.3) is 0 Å². The van der Waals surface area contributed by atoms with Gasteiger partial charge in [0.05, 0.1) is 11.7 Å². The highest BCUT2D eigenvalue weighted by molar-refractivity contribution is 14.1. The van der Waals surface area contributed by atoms with Gasteiger partial charge in [-0.3, -0.25) is 0 Å². The van der Waals surface area contributed by atoms with E-state index in [-0.39, 0.29) is 6.04 Å². The molecule has 112 valence electrons. The van der Waals surface area contributed by atoms with E-state index in [1.165, 1.54) is 14.8 Å². The van der Waals surface area contributed by atoms with Crippen molar-refractivity contribution < 1.29 is 0 Å². The minimum atomic E-state index is 0.216. The first-order valence-electron chi connectivity index (χ1n) is 7.31. The summed E-state index contributed by atoms with van der Waals surface area (Å²) in [6.07, 6.45) is 5.71. The summed E-state index contributed by atoms with van der Waals surface area (Å²) in [7, 11) is 0. The highest BCUT2D eigenvalue weighted by atomic mass is 127. The molecule has 1 nitrogen and oxygen atoms in total. The van der Waals surface area contributed by atoms with Crippen LogP contribution in [0.4, 0.5) is 5.69 Å². The lowest BCUT2D eigenvalue weighted by molar-refractivity contribution is 0.425. The number of rotatable bonds is 1. The molecule has 1 N–H and O–H groups in total. The van der Waals surface area contributed by atoms with Crippen LogP contribution in [0.3, 0.4) is 0 Å². The van der Waals surface area contributed by atoms with E-state index in [2.05, 4.69) is 64.3 Å². The zero-order valence-electron chi connectivity index (χ0n) is 11.7. The minimum Gasteiger partial charge on any atom is -0.377 e. The fourth-order valence-corrected chi connectivity index (χ4v) is 4.85. The zero-order valence-corrected chi connectivity index (χ0v) is 15.4. The number of allylic oxidation sites excluding steroid dienone is 2. The van der Waals surface area contributed by atoms with E-state index in [0.29, 0.717) is 16.9 Å². The predicted molar refractivity (Wildman–Crippen MR) is 102 cm³/mol. The summed E-state index contributed by atoms with van der Waals surface area (Å²) < 4.78 is 1.25. The Bertz CT molecular complexity index is 772. The number of hydrogen-bond donors (Lipinski definition) is 1. The third-order valence-corrected chi connectivity index (χ3v) is 6.10. The monoisotopic (exact) mass is 441 g/mol. The van der Waals surface area contributed by atoms with Gasteiger partial charge < -0.3 is 5.32 Å². The van der Waals surface area contributed by atoms with Crippen LogP contribution >= 0.6 is 45.8 Å². The fraction of sp³-hybridized carbons (Fsp3) is 0.222. The quantitative estimate of drug-likeness (QED) is 0.397. The van der Waals surface area contributed by atoms with Crippen molar-refractivity contribution in [2.45, 2.75) is 18.4 Å². The average Bonchev–Trinajstić information content (AvgIpc) is 2.97. The van der Waals surface area contributed by atoms with Crippen molar-refractivity contribution in [3.8, 4) is 0 Å². The molecule has 4 rings (SSSR count). The molecule has 2 aliphatic rings. The van der Waals surface area contributed by atoms with Crippen molar-refractivity contribution in [3.63, 3.8) is 0 Å². The van der Waals surface area contributed by atoms with Crippen LogP contribution in [0.25, 0.3) is 0 Å². The second kappa shape index (κ2) is 5.73. The number of halogens is 3. The molecule has 0 saturated carbocycles. The molecular formula is C18H14Cl2IN. The van der Waals surface area contributed by atoms with E-state index in [9.17, 15) is 0 Å². The molecule has 0 aromatic heterocycles. The molecule has 0 radical (unpaired) electrons. The molecule has 1 aliphatic carbocycles. The molecule has 0 bridgehead atoms. The Kier molecular flexibility index (Phi) is 3.87. The zero-order chi connectivity index (χ0) is 15.3. The molecule has 1 aliphatic heterocycles. The number of hydrogen-bond acceptors (Lipinski definition) is 1. The lowest BCUT2D eigenvalue weighted by Gasteiger charge is -2.38. The van der Waals surface area contributed by atoms with E-state index >= 15 is 0 Å². The van der Waals surface area contributed by atoms with Gasteiger partial charge in [-0.25, -0.2) is 0 Å². The van der Waals surface area contributed by atoms with E-state index in [1.807, 2.05) is 12.1 Å². The largest absolute Gasteiger partial charge is 0.377 e. The second-order valence-corrected chi connectivity index (χ2v) is 7.85.